The number of nitrogens with zero attached hydrogens (tertiary/aromatic N) is 1. The van der Waals surface area contributed by atoms with Gasteiger partial charge in [0, 0.05) is 0 Å². The Bertz CT molecular complexity index is 154. The first kappa shape index (κ1) is 8.37. The molecule has 1 nitrogen and oxygen atoms in total. The van der Waals surface area contributed by atoms with Crippen LogP contribution in [-0.2, 0) is 0 Å². The van der Waals surface area contributed by atoms with Crippen molar-refractivity contribution in [2.45, 2.75) is 5.51 Å². The van der Waals surface area contributed by atoms with Gasteiger partial charge in [0.05, 0.1) is 4.91 Å². The van der Waals surface area contributed by atoms with Crippen molar-refractivity contribution in [2.75, 3.05) is 0 Å². The fourth-order valence-electron chi connectivity index (χ4n) is 0.163. The molecule has 0 aromatic rings. The molecule has 0 radical (unpaired) electrons. The molecule has 0 bridgehead atoms. The van der Waals surface area contributed by atoms with Crippen LogP contribution in [0.2, 0.25) is 0 Å². The maximum absolute atomic E-state index is 11.2. The van der Waals surface area contributed by atoms with Gasteiger partial charge < -0.3 is 0 Å². The number of hydrogen-bond acceptors (Lipinski definition) is 2. The summed E-state index contributed by atoms with van der Waals surface area (Å²) in [7, 11) is 0. The number of rotatable bonds is 1. The van der Waals surface area contributed by atoms with E-state index in [2.05, 4.69) is 6.58 Å². The van der Waals surface area contributed by atoms with E-state index in [9.17, 15) is 13.2 Å². The minimum atomic E-state index is -4.38. The summed E-state index contributed by atoms with van der Waals surface area (Å²) >= 11 is -0.499. The molecule has 0 aromatic carbocycles. The standard InChI is InChI=1S/C4H2F3NS/c1-3(2-8)9-4(5,6)7/h1H2. The molecule has 0 heterocycles. The highest BCUT2D eigenvalue weighted by Gasteiger charge is 2.29. The van der Waals surface area contributed by atoms with E-state index in [1.807, 2.05) is 0 Å². The maximum Gasteiger partial charge on any atom is 0.447 e. The third kappa shape index (κ3) is 5.24. The van der Waals surface area contributed by atoms with Crippen LogP contribution in [0.3, 0.4) is 0 Å². The Morgan fingerprint density at radius 1 is 1.56 bits per heavy atom. The van der Waals surface area contributed by atoms with E-state index in [0.717, 1.165) is 0 Å². The van der Waals surface area contributed by atoms with E-state index in [-0.39, 0.29) is 0 Å². The van der Waals surface area contributed by atoms with Crippen molar-refractivity contribution in [3.05, 3.63) is 11.5 Å². The second-order valence-corrected chi connectivity index (χ2v) is 2.24. The minimum absolute atomic E-state index is 0.499. The summed E-state index contributed by atoms with van der Waals surface area (Å²) in [6.07, 6.45) is 0. The molecule has 0 unspecified atom stereocenters. The summed E-state index contributed by atoms with van der Waals surface area (Å²) in [5, 5.41) is 7.83. The summed E-state index contributed by atoms with van der Waals surface area (Å²) in [5.74, 6) is 0. The van der Waals surface area contributed by atoms with Crippen LogP contribution in [0.25, 0.3) is 0 Å². The molecule has 0 saturated heterocycles. The lowest BCUT2D eigenvalue weighted by atomic mass is 10.7. The molecular formula is C4H2F3NS. The lowest BCUT2D eigenvalue weighted by Gasteiger charge is -2.00. The summed E-state index contributed by atoms with van der Waals surface area (Å²) in [6.45, 7) is 2.84. The number of halogens is 3. The summed E-state index contributed by atoms with van der Waals surface area (Å²) < 4.78 is 33.7. The second kappa shape index (κ2) is 2.78. The van der Waals surface area contributed by atoms with Crippen molar-refractivity contribution in [1.82, 2.24) is 0 Å². The lowest BCUT2D eigenvalue weighted by molar-refractivity contribution is -0.0321. The molecule has 0 aliphatic carbocycles. The molecule has 0 saturated carbocycles. The molecule has 0 amide bonds. The predicted octanol–water partition coefficient (Wildman–Crippen LogP) is 2.28. The Kier molecular flexibility index (Phi) is 2.59. The average molecular weight is 153 g/mol. The number of hydrogen-bond donors (Lipinski definition) is 0. The topological polar surface area (TPSA) is 23.8 Å². The molecular weight excluding hydrogens is 151 g/mol. The first-order valence-corrected chi connectivity index (χ1v) is 2.62. The highest BCUT2D eigenvalue weighted by atomic mass is 32.2. The van der Waals surface area contributed by atoms with E-state index >= 15 is 0 Å². The average Bonchev–Trinajstić information content (AvgIpc) is 1.62. The SMILES string of the molecule is C=C(C#N)SC(F)(F)F. The molecule has 50 valence electrons. The van der Waals surface area contributed by atoms with Crippen LogP contribution in [0.1, 0.15) is 0 Å². The summed E-state index contributed by atoms with van der Waals surface area (Å²) in [4.78, 5) is -0.539. The third-order valence-electron chi connectivity index (χ3n) is 0.364. The Balaban J connectivity index is 3.78. The van der Waals surface area contributed by atoms with E-state index in [1.54, 1.807) is 0 Å². The first-order valence-electron chi connectivity index (χ1n) is 1.80. The number of alkyl halides is 3. The number of allylic oxidation sites excluding steroid dienone is 1. The van der Waals surface area contributed by atoms with Crippen molar-refractivity contribution in [3.8, 4) is 6.07 Å². The summed E-state index contributed by atoms with van der Waals surface area (Å²) in [6, 6.07) is 1.27. The van der Waals surface area contributed by atoms with Crippen LogP contribution in [0.5, 0.6) is 0 Å². The lowest BCUT2D eigenvalue weighted by Crippen LogP contribution is -1.98. The van der Waals surface area contributed by atoms with Gasteiger partial charge in [0.2, 0.25) is 0 Å². The van der Waals surface area contributed by atoms with Crippen molar-refractivity contribution in [1.29, 1.82) is 5.26 Å². The van der Waals surface area contributed by atoms with Crippen molar-refractivity contribution >= 4 is 11.8 Å². The van der Waals surface area contributed by atoms with Gasteiger partial charge in [0.1, 0.15) is 6.07 Å². The molecule has 0 atom stereocenters. The summed E-state index contributed by atoms with van der Waals surface area (Å²) in [5.41, 5.74) is -4.38. The molecule has 0 rings (SSSR count). The fourth-order valence-corrected chi connectivity index (χ4v) is 0.488. The van der Waals surface area contributed by atoms with Gasteiger partial charge in [-0.2, -0.15) is 18.4 Å². The van der Waals surface area contributed by atoms with Crippen molar-refractivity contribution in [3.63, 3.8) is 0 Å². The first-order chi connectivity index (χ1) is 3.95. The van der Waals surface area contributed by atoms with Gasteiger partial charge in [-0.15, -0.1) is 0 Å². The van der Waals surface area contributed by atoms with E-state index in [0.29, 0.717) is 0 Å². The molecule has 0 N–H and O–H groups in total. The Labute approximate surface area is 54.2 Å². The van der Waals surface area contributed by atoms with Crippen LogP contribution < -0.4 is 0 Å². The second-order valence-electron chi connectivity index (χ2n) is 1.08. The molecule has 5 heteroatoms. The molecule has 0 fully saturated rings. The van der Waals surface area contributed by atoms with Crippen LogP contribution in [0, 0.1) is 11.3 Å². The Morgan fingerprint density at radius 2 is 2.00 bits per heavy atom. The molecule has 9 heavy (non-hydrogen) atoms. The smallest absolute Gasteiger partial charge is 0.192 e. The molecule has 0 aliphatic heterocycles. The molecule has 0 aromatic heterocycles. The Morgan fingerprint density at radius 3 is 2.11 bits per heavy atom. The van der Waals surface area contributed by atoms with Crippen LogP contribution in [0.15, 0.2) is 11.5 Å². The largest absolute Gasteiger partial charge is 0.447 e. The van der Waals surface area contributed by atoms with Gasteiger partial charge in [-0.05, 0) is 11.8 Å². The highest BCUT2D eigenvalue weighted by Crippen LogP contribution is 2.34. The van der Waals surface area contributed by atoms with E-state index in [1.165, 1.54) is 6.07 Å². The fraction of sp³-hybridized carbons (Fsp3) is 0.250. The zero-order valence-electron chi connectivity index (χ0n) is 4.20. The molecule has 0 aliphatic rings. The third-order valence-corrected chi connectivity index (χ3v) is 0.933. The Hall–Kier alpha value is -0.630. The monoisotopic (exact) mass is 153 g/mol. The van der Waals surface area contributed by atoms with Gasteiger partial charge in [-0.3, -0.25) is 0 Å². The maximum atomic E-state index is 11.2. The van der Waals surface area contributed by atoms with Gasteiger partial charge in [-0.1, -0.05) is 6.58 Å². The normalized spacial score (nSPS) is 10.4. The van der Waals surface area contributed by atoms with Gasteiger partial charge >= 0.3 is 5.51 Å². The van der Waals surface area contributed by atoms with Crippen LogP contribution in [-0.4, -0.2) is 5.51 Å². The van der Waals surface area contributed by atoms with E-state index in [4.69, 9.17) is 5.26 Å². The van der Waals surface area contributed by atoms with Crippen molar-refractivity contribution in [2.24, 2.45) is 0 Å². The highest BCUT2D eigenvalue weighted by molar-refractivity contribution is 8.04. The van der Waals surface area contributed by atoms with Gasteiger partial charge in [0.15, 0.2) is 0 Å². The minimum Gasteiger partial charge on any atom is -0.192 e. The zero-order valence-corrected chi connectivity index (χ0v) is 5.01. The quantitative estimate of drug-likeness (QED) is 0.539. The van der Waals surface area contributed by atoms with Crippen LogP contribution in [0.4, 0.5) is 13.2 Å². The van der Waals surface area contributed by atoms with Crippen LogP contribution >= 0.6 is 11.8 Å². The predicted molar refractivity (Wildman–Crippen MR) is 28.4 cm³/mol. The molecule has 0 spiro atoms. The van der Waals surface area contributed by atoms with Crippen molar-refractivity contribution < 1.29 is 13.2 Å². The zero-order chi connectivity index (χ0) is 7.49. The van der Waals surface area contributed by atoms with Gasteiger partial charge in [-0.25, -0.2) is 0 Å². The van der Waals surface area contributed by atoms with Gasteiger partial charge in [0.25, 0.3) is 0 Å². The number of nitriles is 1. The number of thioether (sulfide) groups is 1. The van der Waals surface area contributed by atoms with E-state index < -0.39 is 22.2 Å².